The molecule has 4 rings (SSSR count). The van der Waals surface area contributed by atoms with E-state index >= 15 is 0 Å². The first-order chi connectivity index (χ1) is 17.0. The van der Waals surface area contributed by atoms with Crippen molar-refractivity contribution in [1.82, 2.24) is 0 Å². The molecule has 3 fully saturated rings. The van der Waals surface area contributed by atoms with E-state index < -0.39 is 17.8 Å². The third-order valence-corrected chi connectivity index (χ3v) is 9.27. The fourth-order valence-corrected chi connectivity index (χ4v) is 7.20. The summed E-state index contributed by atoms with van der Waals surface area (Å²) >= 11 is 0. The zero-order valence-corrected chi connectivity index (χ0v) is 22.7. The molecule has 3 N–H and O–H groups in total. The maximum absolute atomic E-state index is 10.3. The zero-order chi connectivity index (χ0) is 26.1. The summed E-state index contributed by atoms with van der Waals surface area (Å²) in [5.74, 6) is 1.71. The first-order valence-corrected chi connectivity index (χ1v) is 13.8. The van der Waals surface area contributed by atoms with Gasteiger partial charge in [0.15, 0.2) is 0 Å². The maximum Gasteiger partial charge on any atom is 0.0840 e. The Hall–Kier alpha value is -1.72. The highest BCUT2D eigenvalue weighted by molar-refractivity contribution is 5.38. The zero-order valence-electron chi connectivity index (χ0n) is 22.7. The summed E-state index contributed by atoms with van der Waals surface area (Å²) in [6, 6.07) is 8.07. The van der Waals surface area contributed by atoms with Crippen LogP contribution in [0.1, 0.15) is 83.8 Å². The van der Waals surface area contributed by atoms with Crippen LogP contribution in [0.5, 0.6) is 0 Å². The standard InChI is InChI=1S/C32H46O4/c1-21(19-36-20-23-8-6-10-26(16-23)31(3,4)35)28-13-14-29-24(9-7-15-32(28,29)5)11-12-25-17-27(33)18-30(34)22(25)2/h6,8,10-12,16,21,27-30,33-35H,2,7,9,13-15,17-20H2,1,3-5H3/b24-11+,25-12-. The van der Waals surface area contributed by atoms with Crippen molar-refractivity contribution in [3.63, 3.8) is 0 Å². The predicted molar refractivity (Wildman–Crippen MR) is 145 cm³/mol. The molecule has 4 heteroatoms. The smallest absolute Gasteiger partial charge is 0.0840 e. The molecule has 1 aromatic carbocycles. The molecule has 3 aliphatic carbocycles. The number of ether oxygens (including phenoxy) is 1. The van der Waals surface area contributed by atoms with E-state index in [-0.39, 0.29) is 5.41 Å². The third-order valence-electron chi connectivity index (χ3n) is 9.27. The van der Waals surface area contributed by atoms with Crippen LogP contribution in [0.25, 0.3) is 0 Å². The van der Waals surface area contributed by atoms with E-state index in [1.54, 1.807) is 0 Å². The summed E-state index contributed by atoms with van der Waals surface area (Å²) in [7, 11) is 0. The summed E-state index contributed by atoms with van der Waals surface area (Å²) in [5.41, 5.74) is 4.74. The SMILES string of the molecule is C=C1/C(=C\C=C2/CCCC3(C)C2CCC3C(C)COCc2cccc(C(C)(C)O)c2)CC(O)CC1O. The largest absolute Gasteiger partial charge is 0.393 e. The second-order valence-corrected chi connectivity index (χ2v) is 12.4. The molecule has 0 aromatic heterocycles. The highest BCUT2D eigenvalue weighted by Crippen LogP contribution is 2.59. The first kappa shape index (κ1) is 27.3. The molecule has 36 heavy (non-hydrogen) atoms. The van der Waals surface area contributed by atoms with Crippen molar-refractivity contribution in [2.45, 2.75) is 97.1 Å². The number of aliphatic hydroxyl groups excluding tert-OH is 2. The van der Waals surface area contributed by atoms with Crippen molar-refractivity contribution in [2.24, 2.45) is 23.2 Å². The van der Waals surface area contributed by atoms with Crippen LogP contribution in [0.2, 0.25) is 0 Å². The minimum atomic E-state index is -0.845. The van der Waals surface area contributed by atoms with Gasteiger partial charge in [-0.1, -0.05) is 62.4 Å². The summed E-state index contributed by atoms with van der Waals surface area (Å²) in [6.45, 7) is 13.9. The van der Waals surface area contributed by atoms with Crippen LogP contribution in [0.15, 0.2) is 59.7 Å². The van der Waals surface area contributed by atoms with Gasteiger partial charge in [0.05, 0.1) is 24.4 Å². The van der Waals surface area contributed by atoms with Crippen LogP contribution in [0, 0.1) is 23.2 Å². The Kier molecular flexibility index (Phi) is 8.31. The molecule has 6 atom stereocenters. The summed E-state index contributed by atoms with van der Waals surface area (Å²) in [5, 5.41) is 30.6. The van der Waals surface area contributed by atoms with Crippen molar-refractivity contribution >= 4 is 0 Å². The molecular weight excluding hydrogens is 448 g/mol. The first-order valence-electron chi connectivity index (χ1n) is 13.8. The van der Waals surface area contributed by atoms with Crippen LogP contribution in [0.4, 0.5) is 0 Å². The highest BCUT2D eigenvalue weighted by Gasteiger charge is 2.50. The molecule has 0 spiro atoms. The Morgan fingerprint density at radius 1 is 1.22 bits per heavy atom. The molecule has 0 radical (unpaired) electrons. The average molecular weight is 495 g/mol. The van der Waals surface area contributed by atoms with Crippen LogP contribution in [-0.4, -0.2) is 34.1 Å². The lowest BCUT2D eigenvalue weighted by molar-refractivity contribution is 0.0275. The van der Waals surface area contributed by atoms with Crippen molar-refractivity contribution in [2.75, 3.05) is 6.61 Å². The average Bonchev–Trinajstić information content (AvgIpc) is 3.17. The van der Waals surface area contributed by atoms with E-state index in [1.165, 1.54) is 31.3 Å². The Balaban J connectivity index is 1.39. The van der Waals surface area contributed by atoms with Gasteiger partial charge in [0.25, 0.3) is 0 Å². The molecular formula is C32H46O4. The van der Waals surface area contributed by atoms with Gasteiger partial charge in [0, 0.05) is 13.0 Å². The number of hydrogen-bond donors (Lipinski definition) is 3. The van der Waals surface area contributed by atoms with Gasteiger partial charge in [-0.2, -0.15) is 0 Å². The fourth-order valence-electron chi connectivity index (χ4n) is 7.20. The highest BCUT2D eigenvalue weighted by atomic mass is 16.5. The van der Waals surface area contributed by atoms with Crippen molar-refractivity contribution in [3.05, 3.63) is 70.8 Å². The number of rotatable bonds is 7. The molecule has 4 nitrogen and oxygen atoms in total. The minimum Gasteiger partial charge on any atom is -0.393 e. The second-order valence-electron chi connectivity index (χ2n) is 12.4. The van der Waals surface area contributed by atoms with E-state index in [0.717, 1.165) is 35.3 Å². The van der Waals surface area contributed by atoms with E-state index in [0.29, 0.717) is 37.2 Å². The van der Waals surface area contributed by atoms with Crippen molar-refractivity contribution in [3.8, 4) is 0 Å². The topological polar surface area (TPSA) is 69.9 Å². The van der Waals surface area contributed by atoms with Crippen LogP contribution in [0.3, 0.4) is 0 Å². The van der Waals surface area contributed by atoms with Crippen LogP contribution in [-0.2, 0) is 16.9 Å². The number of hydrogen-bond acceptors (Lipinski definition) is 4. The fraction of sp³-hybridized carbons (Fsp3) is 0.625. The number of aliphatic hydroxyl groups is 3. The third kappa shape index (κ3) is 5.88. The monoisotopic (exact) mass is 494 g/mol. The van der Waals surface area contributed by atoms with E-state index in [2.05, 4.69) is 38.6 Å². The van der Waals surface area contributed by atoms with Gasteiger partial charge in [-0.25, -0.2) is 0 Å². The molecule has 0 amide bonds. The lowest BCUT2D eigenvalue weighted by atomic mass is 9.61. The van der Waals surface area contributed by atoms with Gasteiger partial charge < -0.3 is 20.1 Å². The van der Waals surface area contributed by atoms with Gasteiger partial charge in [-0.15, -0.1) is 0 Å². The van der Waals surface area contributed by atoms with Gasteiger partial charge in [-0.05, 0) is 97.8 Å². The maximum atomic E-state index is 10.3. The molecule has 0 saturated heterocycles. The molecule has 3 aliphatic rings. The lowest BCUT2D eigenvalue weighted by Gasteiger charge is -2.44. The van der Waals surface area contributed by atoms with E-state index in [9.17, 15) is 15.3 Å². The quantitative estimate of drug-likeness (QED) is 0.422. The van der Waals surface area contributed by atoms with Crippen LogP contribution >= 0.6 is 0 Å². The summed E-state index contributed by atoms with van der Waals surface area (Å²) in [6.07, 6.45) is 10.3. The minimum absolute atomic E-state index is 0.287. The number of allylic oxidation sites excluding steroid dienone is 3. The molecule has 1 aromatic rings. The van der Waals surface area contributed by atoms with Gasteiger partial charge in [0.2, 0.25) is 0 Å². The second kappa shape index (κ2) is 10.9. The summed E-state index contributed by atoms with van der Waals surface area (Å²) in [4.78, 5) is 0. The van der Waals surface area contributed by atoms with Gasteiger partial charge >= 0.3 is 0 Å². The van der Waals surface area contributed by atoms with Crippen molar-refractivity contribution in [1.29, 1.82) is 0 Å². The number of benzene rings is 1. The molecule has 3 saturated carbocycles. The molecule has 6 unspecified atom stereocenters. The Morgan fingerprint density at radius 2 is 2.00 bits per heavy atom. The van der Waals surface area contributed by atoms with Gasteiger partial charge in [0.1, 0.15) is 0 Å². The Morgan fingerprint density at radius 3 is 2.75 bits per heavy atom. The molecule has 0 aliphatic heterocycles. The predicted octanol–water partition coefficient (Wildman–Crippen LogP) is 6.21. The molecule has 0 heterocycles. The Bertz CT molecular complexity index is 1000. The van der Waals surface area contributed by atoms with E-state index in [4.69, 9.17) is 4.74 Å². The number of fused-ring (bicyclic) bond motifs is 1. The Labute approximate surface area is 217 Å². The summed E-state index contributed by atoms with van der Waals surface area (Å²) < 4.78 is 6.21. The normalized spacial score (nSPS) is 34.2. The van der Waals surface area contributed by atoms with Gasteiger partial charge in [-0.3, -0.25) is 0 Å². The van der Waals surface area contributed by atoms with Crippen molar-refractivity contribution < 1.29 is 20.1 Å². The molecule has 0 bridgehead atoms. The lowest BCUT2D eigenvalue weighted by Crippen LogP contribution is -2.37. The van der Waals surface area contributed by atoms with E-state index in [1.807, 2.05) is 32.0 Å². The van der Waals surface area contributed by atoms with Crippen LogP contribution < -0.4 is 0 Å². The molecule has 198 valence electrons.